The highest BCUT2D eigenvalue weighted by molar-refractivity contribution is 9.10. The van der Waals surface area contributed by atoms with Gasteiger partial charge in [0, 0.05) is 23.2 Å². The number of hydrogen-bond donors (Lipinski definition) is 1. The van der Waals surface area contributed by atoms with Gasteiger partial charge in [-0.3, -0.25) is 14.9 Å². The first-order valence-electron chi connectivity index (χ1n) is 5.15. The number of hydrogen-bond acceptors (Lipinski definition) is 2. The molecule has 0 bridgehead atoms. The Kier molecular flexibility index (Phi) is 3.10. The molecule has 0 aromatic heterocycles. The summed E-state index contributed by atoms with van der Waals surface area (Å²) in [6, 6.07) is 5.99. The molecule has 84 valence electrons. The molecule has 1 aromatic carbocycles. The summed E-state index contributed by atoms with van der Waals surface area (Å²) < 4.78 is 0.972. The molecule has 0 atom stereocenters. The molecule has 2 amide bonds. The minimum atomic E-state index is -0.186. The van der Waals surface area contributed by atoms with Crippen LogP contribution in [0.3, 0.4) is 0 Å². The molecule has 0 spiro atoms. The number of imide groups is 1. The van der Waals surface area contributed by atoms with Gasteiger partial charge in [0.15, 0.2) is 0 Å². The van der Waals surface area contributed by atoms with E-state index in [-0.39, 0.29) is 17.7 Å². The van der Waals surface area contributed by atoms with Crippen molar-refractivity contribution in [2.45, 2.75) is 25.7 Å². The summed E-state index contributed by atoms with van der Waals surface area (Å²) >= 11 is 3.48. The lowest BCUT2D eigenvalue weighted by atomic mass is 9.89. The standard InChI is InChI=1S/C12H12BrNO2/c1-7-2-3-9(10(13)4-7)8-5-11(15)14-12(16)6-8/h2-4,8H,5-6H2,1H3,(H,14,15,16). The van der Waals surface area contributed by atoms with E-state index in [1.807, 2.05) is 25.1 Å². The number of nitrogens with one attached hydrogen (secondary N) is 1. The summed E-state index contributed by atoms with van der Waals surface area (Å²) in [5.41, 5.74) is 2.19. The van der Waals surface area contributed by atoms with Crippen molar-refractivity contribution in [2.75, 3.05) is 0 Å². The quantitative estimate of drug-likeness (QED) is 0.803. The third-order valence-corrected chi connectivity index (χ3v) is 3.42. The summed E-state index contributed by atoms with van der Waals surface area (Å²) in [5, 5.41) is 2.32. The zero-order valence-corrected chi connectivity index (χ0v) is 10.5. The summed E-state index contributed by atoms with van der Waals surface area (Å²) in [6.07, 6.45) is 0.765. The summed E-state index contributed by atoms with van der Waals surface area (Å²) in [4.78, 5) is 22.6. The number of benzene rings is 1. The average Bonchev–Trinajstić information content (AvgIpc) is 2.15. The molecule has 0 saturated carbocycles. The Morgan fingerprint density at radius 1 is 1.25 bits per heavy atom. The molecule has 0 radical (unpaired) electrons. The van der Waals surface area contributed by atoms with E-state index in [1.165, 1.54) is 0 Å². The van der Waals surface area contributed by atoms with E-state index in [0.717, 1.165) is 15.6 Å². The van der Waals surface area contributed by atoms with Gasteiger partial charge >= 0.3 is 0 Å². The molecule has 16 heavy (non-hydrogen) atoms. The zero-order valence-electron chi connectivity index (χ0n) is 8.92. The first kappa shape index (κ1) is 11.3. The van der Waals surface area contributed by atoms with Crippen molar-refractivity contribution < 1.29 is 9.59 Å². The molecular weight excluding hydrogens is 270 g/mol. The van der Waals surface area contributed by atoms with Gasteiger partial charge in [0.1, 0.15) is 0 Å². The Balaban J connectivity index is 2.29. The fourth-order valence-electron chi connectivity index (χ4n) is 1.96. The molecule has 0 aliphatic carbocycles. The van der Waals surface area contributed by atoms with Crippen molar-refractivity contribution in [3.8, 4) is 0 Å². The molecule has 3 nitrogen and oxygen atoms in total. The first-order chi connectivity index (χ1) is 7.56. The van der Waals surface area contributed by atoms with E-state index >= 15 is 0 Å². The normalized spacial score (nSPS) is 17.4. The number of halogens is 1. The summed E-state index contributed by atoms with van der Waals surface area (Å²) in [6.45, 7) is 2.01. The third-order valence-electron chi connectivity index (χ3n) is 2.74. The topological polar surface area (TPSA) is 46.2 Å². The number of carbonyl (C=O) groups excluding carboxylic acids is 2. The lowest BCUT2D eigenvalue weighted by Gasteiger charge is -2.22. The van der Waals surface area contributed by atoms with E-state index in [4.69, 9.17) is 0 Å². The van der Waals surface area contributed by atoms with Crippen LogP contribution < -0.4 is 5.32 Å². The molecule has 0 unspecified atom stereocenters. The van der Waals surface area contributed by atoms with Crippen molar-refractivity contribution in [1.82, 2.24) is 5.32 Å². The Hall–Kier alpha value is -1.16. The second-order valence-corrected chi connectivity index (χ2v) is 4.96. The van der Waals surface area contributed by atoms with Gasteiger partial charge in [-0.25, -0.2) is 0 Å². The van der Waals surface area contributed by atoms with Crippen LogP contribution in [0.2, 0.25) is 0 Å². The van der Waals surface area contributed by atoms with Crippen LogP contribution in [0, 0.1) is 6.92 Å². The van der Waals surface area contributed by atoms with Gasteiger partial charge in [-0.05, 0) is 24.1 Å². The third kappa shape index (κ3) is 2.32. The fourth-order valence-corrected chi connectivity index (χ4v) is 2.78. The highest BCUT2D eigenvalue weighted by atomic mass is 79.9. The maximum Gasteiger partial charge on any atom is 0.227 e. The number of aryl methyl sites for hydroxylation is 1. The maximum atomic E-state index is 11.3. The first-order valence-corrected chi connectivity index (χ1v) is 5.94. The Morgan fingerprint density at radius 3 is 2.44 bits per heavy atom. The van der Waals surface area contributed by atoms with Gasteiger partial charge in [-0.15, -0.1) is 0 Å². The van der Waals surface area contributed by atoms with Crippen LogP contribution in [0.4, 0.5) is 0 Å². The molecule has 4 heteroatoms. The van der Waals surface area contributed by atoms with Gasteiger partial charge in [0.2, 0.25) is 11.8 Å². The monoisotopic (exact) mass is 281 g/mol. The lowest BCUT2D eigenvalue weighted by Crippen LogP contribution is -2.37. The minimum absolute atomic E-state index is 0.00350. The van der Waals surface area contributed by atoms with Crippen molar-refractivity contribution in [3.63, 3.8) is 0 Å². The van der Waals surface area contributed by atoms with E-state index in [0.29, 0.717) is 12.8 Å². The van der Waals surface area contributed by atoms with Crippen LogP contribution in [-0.4, -0.2) is 11.8 Å². The van der Waals surface area contributed by atoms with Crippen molar-refractivity contribution in [2.24, 2.45) is 0 Å². The van der Waals surface area contributed by atoms with Crippen molar-refractivity contribution >= 4 is 27.7 Å². The smallest absolute Gasteiger partial charge is 0.227 e. The summed E-state index contributed by atoms with van der Waals surface area (Å²) in [5.74, 6) is -0.376. The maximum absolute atomic E-state index is 11.3. The highest BCUT2D eigenvalue weighted by Crippen LogP contribution is 2.32. The number of carbonyl (C=O) groups is 2. The van der Waals surface area contributed by atoms with Crippen molar-refractivity contribution in [1.29, 1.82) is 0 Å². The minimum Gasteiger partial charge on any atom is -0.296 e. The predicted octanol–water partition coefficient (Wildman–Crippen LogP) is 2.28. The van der Waals surface area contributed by atoms with Gasteiger partial charge in [0.05, 0.1) is 0 Å². The summed E-state index contributed by atoms with van der Waals surface area (Å²) in [7, 11) is 0. The van der Waals surface area contributed by atoms with Crippen LogP contribution in [-0.2, 0) is 9.59 Å². The van der Waals surface area contributed by atoms with E-state index in [2.05, 4.69) is 21.2 Å². The van der Waals surface area contributed by atoms with E-state index in [1.54, 1.807) is 0 Å². The second kappa shape index (κ2) is 4.37. The molecule has 1 aliphatic rings. The van der Waals surface area contributed by atoms with Crippen LogP contribution in [0.1, 0.15) is 29.9 Å². The second-order valence-electron chi connectivity index (χ2n) is 4.10. The average molecular weight is 282 g/mol. The van der Waals surface area contributed by atoms with Gasteiger partial charge in [-0.2, -0.15) is 0 Å². The molecule has 1 N–H and O–H groups in total. The molecule has 1 aromatic rings. The highest BCUT2D eigenvalue weighted by Gasteiger charge is 2.27. The van der Waals surface area contributed by atoms with Crippen LogP contribution >= 0.6 is 15.9 Å². The molecule has 1 heterocycles. The zero-order chi connectivity index (χ0) is 11.7. The molecule has 1 saturated heterocycles. The molecule has 1 fully saturated rings. The van der Waals surface area contributed by atoms with Crippen LogP contribution in [0.5, 0.6) is 0 Å². The number of rotatable bonds is 1. The van der Waals surface area contributed by atoms with Crippen LogP contribution in [0.15, 0.2) is 22.7 Å². The Labute approximate surface area is 102 Å². The van der Waals surface area contributed by atoms with E-state index in [9.17, 15) is 9.59 Å². The number of amides is 2. The largest absolute Gasteiger partial charge is 0.296 e. The SMILES string of the molecule is Cc1ccc(C2CC(=O)NC(=O)C2)c(Br)c1. The predicted molar refractivity (Wildman–Crippen MR) is 64.0 cm³/mol. The van der Waals surface area contributed by atoms with Crippen LogP contribution in [0.25, 0.3) is 0 Å². The van der Waals surface area contributed by atoms with Gasteiger partial charge in [-0.1, -0.05) is 28.1 Å². The number of piperidine rings is 1. The van der Waals surface area contributed by atoms with Gasteiger partial charge < -0.3 is 0 Å². The molecular formula is C12H12BrNO2. The van der Waals surface area contributed by atoms with Crippen molar-refractivity contribution in [3.05, 3.63) is 33.8 Å². The fraction of sp³-hybridized carbons (Fsp3) is 0.333. The van der Waals surface area contributed by atoms with Gasteiger partial charge in [0.25, 0.3) is 0 Å². The van der Waals surface area contributed by atoms with E-state index < -0.39 is 0 Å². The Morgan fingerprint density at radius 2 is 1.88 bits per heavy atom. The molecule has 2 rings (SSSR count). The molecule has 1 aliphatic heterocycles. The Bertz CT molecular complexity index is 440. The lowest BCUT2D eigenvalue weighted by molar-refractivity contribution is -0.133.